The van der Waals surface area contributed by atoms with E-state index in [4.69, 9.17) is 10.8 Å². The van der Waals surface area contributed by atoms with Gasteiger partial charge in [-0.3, -0.25) is 4.79 Å². The number of amides is 1. The lowest BCUT2D eigenvalue weighted by molar-refractivity contribution is -0.127. The van der Waals surface area contributed by atoms with E-state index in [1.807, 2.05) is 28.9 Å². The minimum atomic E-state index is -0.0729. The Morgan fingerprint density at radius 3 is 2.88 bits per heavy atom. The maximum Gasteiger partial charge on any atom is 0.246 e. The molecule has 7 nitrogen and oxygen atoms in total. The lowest BCUT2D eigenvalue weighted by Crippen LogP contribution is -2.40. The van der Waals surface area contributed by atoms with Crippen molar-refractivity contribution in [2.75, 3.05) is 18.8 Å². The van der Waals surface area contributed by atoms with Crippen molar-refractivity contribution < 1.29 is 4.79 Å². The van der Waals surface area contributed by atoms with Crippen LogP contribution >= 0.6 is 0 Å². The Morgan fingerprint density at radius 1 is 1.16 bits per heavy atom. The Balaban J connectivity index is 1.59. The molecule has 2 N–H and O–H groups in total. The zero-order chi connectivity index (χ0) is 22.1. The minimum Gasteiger partial charge on any atom is -0.383 e. The van der Waals surface area contributed by atoms with Gasteiger partial charge in [0.1, 0.15) is 17.8 Å². The van der Waals surface area contributed by atoms with Gasteiger partial charge in [-0.05, 0) is 41.7 Å². The van der Waals surface area contributed by atoms with Gasteiger partial charge in [0, 0.05) is 18.7 Å². The topological polar surface area (TPSA) is 89.9 Å². The zero-order valence-corrected chi connectivity index (χ0v) is 17.5. The van der Waals surface area contributed by atoms with E-state index in [0.29, 0.717) is 35.6 Å². The molecule has 0 spiro atoms. The Hall–Kier alpha value is -4.18. The third kappa shape index (κ3) is 3.46. The number of rotatable bonds is 2. The van der Waals surface area contributed by atoms with Gasteiger partial charge < -0.3 is 10.6 Å². The summed E-state index contributed by atoms with van der Waals surface area (Å²) in [6, 6.07) is 14.2. The zero-order valence-electron chi connectivity index (χ0n) is 17.5. The molecule has 0 aliphatic carbocycles. The molecule has 32 heavy (non-hydrogen) atoms. The molecule has 1 atom stereocenters. The molecule has 1 aliphatic heterocycles. The van der Waals surface area contributed by atoms with Gasteiger partial charge in [-0.2, -0.15) is 5.10 Å². The van der Waals surface area contributed by atoms with Crippen molar-refractivity contribution in [1.82, 2.24) is 24.6 Å². The highest BCUT2D eigenvalue weighted by Gasteiger charge is 2.27. The number of carbonyl (C=O) groups is 1. The summed E-state index contributed by atoms with van der Waals surface area (Å²) in [5.74, 6) is 6.74. The maximum atomic E-state index is 12.1. The van der Waals surface area contributed by atoms with Crippen molar-refractivity contribution in [3.8, 4) is 11.8 Å². The maximum absolute atomic E-state index is 12.1. The fourth-order valence-electron chi connectivity index (χ4n) is 4.28. The third-order valence-electron chi connectivity index (χ3n) is 5.85. The normalized spacial score (nSPS) is 16.0. The third-order valence-corrected chi connectivity index (χ3v) is 5.85. The smallest absolute Gasteiger partial charge is 0.246 e. The summed E-state index contributed by atoms with van der Waals surface area (Å²) in [6.45, 7) is 4.86. The summed E-state index contributed by atoms with van der Waals surface area (Å²) in [5.41, 5.74) is 8.30. The lowest BCUT2D eigenvalue weighted by Gasteiger charge is -2.32. The van der Waals surface area contributed by atoms with Gasteiger partial charge in [-0.15, -0.1) is 0 Å². The van der Waals surface area contributed by atoms with Crippen LogP contribution in [0.3, 0.4) is 0 Å². The van der Waals surface area contributed by atoms with Gasteiger partial charge >= 0.3 is 0 Å². The monoisotopic (exact) mass is 422 g/mol. The molecule has 5 rings (SSSR count). The van der Waals surface area contributed by atoms with Crippen LogP contribution < -0.4 is 5.73 Å². The highest BCUT2D eigenvalue weighted by molar-refractivity contribution is 5.92. The van der Waals surface area contributed by atoms with Crippen molar-refractivity contribution in [2.45, 2.75) is 18.9 Å². The average molecular weight is 422 g/mol. The summed E-state index contributed by atoms with van der Waals surface area (Å²) >= 11 is 0. The van der Waals surface area contributed by atoms with Crippen LogP contribution in [0, 0.1) is 11.8 Å². The number of piperidine rings is 1. The molecule has 1 saturated heterocycles. The quantitative estimate of drug-likeness (QED) is 0.395. The van der Waals surface area contributed by atoms with Crippen LogP contribution in [0.1, 0.15) is 30.1 Å². The van der Waals surface area contributed by atoms with E-state index in [1.165, 1.54) is 12.4 Å². The van der Waals surface area contributed by atoms with Crippen LogP contribution in [-0.4, -0.2) is 43.6 Å². The standard InChI is InChI=1S/C25H22N6O/c1-2-22(32)30-14-6-10-19(15-30)31-25-23(24(26)27-16-28-25)21(29-31)13-12-18-9-5-8-17-7-3-4-11-20(17)18/h2-5,7-9,11,16,19H,1,6,10,14-15H2,(H2,26,27,28). The second-order valence-corrected chi connectivity index (χ2v) is 7.81. The molecule has 1 amide bonds. The average Bonchev–Trinajstić information content (AvgIpc) is 3.22. The summed E-state index contributed by atoms with van der Waals surface area (Å²) in [5, 5.41) is 7.65. The van der Waals surface area contributed by atoms with Gasteiger partial charge in [0.15, 0.2) is 5.65 Å². The predicted molar refractivity (Wildman–Crippen MR) is 125 cm³/mol. The summed E-state index contributed by atoms with van der Waals surface area (Å²) in [7, 11) is 0. The second kappa shape index (κ2) is 8.16. The van der Waals surface area contributed by atoms with Gasteiger partial charge in [-0.25, -0.2) is 14.6 Å². The number of likely N-dealkylation sites (tertiary alicyclic amines) is 1. The number of fused-ring (bicyclic) bond motifs is 2. The first-order valence-electron chi connectivity index (χ1n) is 10.6. The SMILES string of the molecule is C=CC(=O)N1CCCC(n2nc(C#Cc3cccc4ccccc34)c3c(N)ncnc32)C1. The number of nitrogen functional groups attached to an aromatic ring is 1. The van der Waals surface area contributed by atoms with Crippen molar-refractivity contribution in [3.63, 3.8) is 0 Å². The molecular formula is C25H22N6O. The summed E-state index contributed by atoms with van der Waals surface area (Å²) in [6.07, 6.45) is 4.55. The van der Waals surface area contributed by atoms with Crippen LogP contribution in [0.4, 0.5) is 5.82 Å². The molecule has 2 aromatic carbocycles. The van der Waals surface area contributed by atoms with Crippen LogP contribution in [0.15, 0.2) is 61.4 Å². The molecule has 4 aromatic rings. The molecule has 7 heteroatoms. The van der Waals surface area contributed by atoms with Crippen LogP contribution in [0.5, 0.6) is 0 Å². The number of nitrogens with two attached hydrogens (primary N) is 1. The molecule has 1 unspecified atom stereocenters. The number of anilines is 1. The molecular weight excluding hydrogens is 400 g/mol. The second-order valence-electron chi connectivity index (χ2n) is 7.81. The highest BCUT2D eigenvalue weighted by Crippen LogP contribution is 2.28. The van der Waals surface area contributed by atoms with Gasteiger partial charge in [0.05, 0.1) is 11.4 Å². The number of aromatic nitrogens is 4. The largest absolute Gasteiger partial charge is 0.383 e. The Labute approximate surface area is 185 Å². The van der Waals surface area contributed by atoms with Crippen molar-refractivity contribution >= 4 is 33.5 Å². The fraction of sp³-hybridized carbons (Fsp3) is 0.200. The van der Waals surface area contributed by atoms with Crippen LogP contribution in [0.2, 0.25) is 0 Å². The molecule has 0 bridgehead atoms. The van der Waals surface area contributed by atoms with E-state index in [1.54, 1.807) is 4.90 Å². The lowest BCUT2D eigenvalue weighted by atomic mass is 10.0. The highest BCUT2D eigenvalue weighted by atomic mass is 16.2. The first kappa shape index (κ1) is 19.8. The molecule has 3 heterocycles. The van der Waals surface area contributed by atoms with Crippen molar-refractivity contribution in [2.24, 2.45) is 0 Å². The van der Waals surface area contributed by atoms with E-state index < -0.39 is 0 Å². The Bertz CT molecular complexity index is 1410. The first-order chi connectivity index (χ1) is 15.7. The minimum absolute atomic E-state index is 0.0162. The summed E-state index contributed by atoms with van der Waals surface area (Å²) < 4.78 is 1.85. The predicted octanol–water partition coefficient (Wildman–Crippen LogP) is 3.31. The van der Waals surface area contributed by atoms with E-state index in [2.05, 4.69) is 46.6 Å². The number of carbonyl (C=O) groups excluding carboxylic acids is 1. The number of hydrogen-bond acceptors (Lipinski definition) is 5. The summed E-state index contributed by atoms with van der Waals surface area (Å²) in [4.78, 5) is 22.5. The first-order valence-corrected chi connectivity index (χ1v) is 10.6. The van der Waals surface area contributed by atoms with Crippen LogP contribution in [-0.2, 0) is 4.79 Å². The van der Waals surface area contributed by atoms with E-state index >= 15 is 0 Å². The van der Waals surface area contributed by atoms with Crippen molar-refractivity contribution in [3.05, 3.63) is 72.7 Å². The van der Waals surface area contributed by atoms with Gasteiger partial charge in [0.2, 0.25) is 5.91 Å². The molecule has 158 valence electrons. The number of benzene rings is 2. The van der Waals surface area contributed by atoms with E-state index in [-0.39, 0.29) is 11.9 Å². The molecule has 0 saturated carbocycles. The van der Waals surface area contributed by atoms with Crippen LogP contribution in [0.25, 0.3) is 21.8 Å². The molecule has 0 radical (unpaired) electrons. The van der Waals surface area contributed by atoms with Crippen molar-refractivity contribution in [1.29, 1.82) is 0 Å². The Morgan fingerprint density at radius 2 is 2.00 bits per heavy atom. The van der Waals surface area contributed by atoms with E-state index in [0.717, 1.165) is 29.2 Å². The molecule has 1 fully saturated rings. The molecule has 1 aliphatic rings. The fourth-order valence-corrected chi connectivity index (χ4v) is 4.28. The molecule has 2 aromatic heterocycles. The van der Waals surface area contributed by atoms with E-state index in [9.17, 15) is 4.79 Å². The van der Waals surface area contributed by atoms with Gasteiger partial charge in [-0.1, -0.05) is 48.9 Å². The Kier molecular flexibility index (Phi) is 5.04. The van der Waals surface area contributed by atoms with Gasteiger partial charge in [0.25, 0.3) is 0 Å². The number of hydrogen-bond donors (Lipinski definition) is 1. The number of nitrogens with zero attached hydrogens (tertiary/aromatic N) is 5.